The normalized spacial score (nSPS) is 10.3. The fraction of sp³-hybridized carbons (Fsp3) is 0.391. The molecule has 0 spiro atoms. The van der Waals surface area contributed by atoms with E-state index in [1.807, 2.05) is 51.1 Å². The zero-order valence-corrected chi connectivity index (χ0v) is 18.0. The van der Waals surface area contributed by atoms with E-state index in [1.54, 1.807) is 7.05 Å². The summed E-state index contributed by atoms with van der Waals surface area (Å²) < 4.78 is 22.1. The molecule has 0 unspecified atom stereocenters. The Morgan fingerprint density at radius 2 is 1.43 bits per heavy atom. The van der Waals surface area contributed by atoms with Crippen LogP contribution in [0.15, 0.2) is 42.5 Å². The fourth-order valence-electron chi connectivity index (χ4n) is 2.77. The quantitative estimate of drug-likeness (QED) is 0.521. The van der Waals surface area contributed by atoms with E-state index in [1.165, 1.54) is 17.0 Å². The number of ether oxygens (including phenoxy) is 4. The lowest BCUT2D eigenvalue weighted by molar-refractivity contribution is -0.133. The Bertz CT molecular complexity index is 810. The predicted octanol–water partition coefficient (Wildman–Crippen LogP) is 3.70. The van der Waals surface area contributed by atoms with Crippen LogP contribution in [-0.4, -0.2) is 50.3 Å². The Kier molecular flexibility index (Phi) is 9.00. The van der Waals surface area contributed by atoms with Gasteiger partial charge < -0.3 is 23.8 Å². The zero-order valence-electron chi connectivity index (χ0n) is 18.0. The van der Waals surface area contributed by atoms with Crippen LogP contribution in [0.2, 0.25) is 0 Å². The first-order valence-corrected chi connectivity index (χ1v) is 10.0. The highest BCUT2D eigenvalue weighted by Gasteiger charge is 2.20. The van der Waals surface area contributed by atoms with Crippen LogP contribution < -0.4 is 14.2 Å². The molecular formula is C23H29NO6. The van der Waals surface area contributed by atoms with Gasteiger partial charge in [-0.25, -0.2) is 4.79 Å². The molecule has 0 saturated heterocycles. The molecule has 2 aromatic rings. The van der Waals surface area contributed by atoms with Gasteiger partial charge in [0.25, 0.3) is 5.91 Å². The number of nitrogens with zero attached hydrogens (tertiary/aromatic N) is 1. The van der Waals surface area contributed by atoms with Crippen LogP contribution in [0.3, 0.4) is 0 Å². The van der Waals surface area contributed by atoms with Crippen molar-refractivity contribution in [2.45, 2.75) is 27.3 Å². The first kappa shape index (κ1) is 23.1. The molecule has 30 heavy (non-hydrogen) atoms. The molecule has 7 nitrogen and oxygen atoms in total. The Balaban J connectivity index is 2.08. The highest BCUT2D eigenvalue weighted by atomic mass is 16.5. The van der Waals surface area contributed by atoms with Crippen LogP contribution in [0.5, 0.6) is 17.2 Å². The lowest BCUT2D eigenvalue weighted by atomic mass is 10.2. The van der Waals surface area contributed by atoms with E-state index in [2.05, 4.69) is 0 Å². The third-order valence-electron chi connectivity index (χ3n) is 4.16. The molecule has 0 atom stereocenters. The summed E-state index contributed by atoms with van der Waals surface area (Å²) in [5.41, 5.74) is 1.22. The number of esters is 1. The van der Waals surface area contributed by atoms with E-state index in [0.717, 1.165) is 5.56 Å². The molecule has 0 aliphatic rings. The van der Waals surface area contributed by atoms with Crippen molar-refractivity contribution >= 4 is 11.9 Å². The molecule has 2 rings (SSSR count). The smallest absolute Gasteiger partial charge is 0.338 e. The minimum absolute atomic E-state index is 0.226. The standard InChI is InChI=1S/C23H29NO6/c1-5-27-19-13-18(14-20(28-6-2)22(19)29-7-3)23(26)30-16-21(25)24(4)15-17-11-9-8-10-12-17/h8-14H,5-7,15-16H2,1-4H3. The van der Waals surface area contributed by atoms with Crippen molar-refractivity contribution in [2.75, 3.05) is 33.5 Å². The van der Waals surface area contributed by atoms with Gasteiger partial charge in [0.15, 0.2) is 18.1 Å². The SMILES string of the molecule is CCOc1cc(C(=O)OCC(=O)N(C)Cc2ccccc2)cc(OCC)c1OCC. The molecule has 0 aromatic heterocycles. The Labute approximate surface area is 177 Å². The third-order valence-corrected chi connectivity index (χ3v) is 4.16. The Hall–Kier alpha value is -3.22. The van der Waals surface area contributed by atoms with Gasteiger partial charge in [-0.05, 0) is 38.5 Å². The van der Waals surface area contributed by atoms with Crippen molar-refractivity contribution in [3.63, 3.8) is 0 Å². The van der Waals surface area contributed by atoms with E-state index in [9.17, 15) is 9.59 Å². The number of benzene rings is 2. The van der Waals surface area contributed by atoms with Gasteiger partial charge in [-0.15, -0.1) is 0 Å². The van der Waals surface area contributed by atoms with Crippen LogP contribution in [-0.2, 0) is 16.1 Å². The maximum Gasteiger partial charge on any atom is 0.338 e. The predicted molar refractivity (Wildman–Crippen MR) is 113 cm³/mol. The molecule has 0 aliphatic heterocycles. The average Bonchev–Trinajstić information content (AvgIpc) is 2.74. The first-order chi connectivity index (χ1) is 14.5. The van der Waals surface area contributed by atoms with Crippen LogP contribution >= 0.6 is 0 Å². The minimum atomic E-state index is -0.638. The van der Waals surface area contributed by atoms with Crippen molar-refractivity contribution in [3.8, 4) is 17.2 Å². The Morgan fingerprint density at radius 3 is 1.97 bits per heavy atom. The highest BCUT2D eigenvalue weighted by molar-refractivity contribution is 5.92. The molecule has 1 amide bonds. The molecular weight excluding hydrogens is 386 g/mol. The van der Waals surface area contributed by atoms with Crippen molar-refractivity contribution in [2.24, 2.45) is 0 Å². The summed E-state index contributed by atoms with van der Waals surface area (Å²) in [4.78, 5) is 26.4. The summed E-state index contributed by atoms with van der Waals surface area (Å²) in [5, 5.41) is 0. The summed E-state index contributed by atoms with van der Waals surface area (Å²) in [6.45, 7) is 6.81. The summed E-state index contributed by atoms with van der Waals surface area (Å²) in [7, 11) is 1.67. The molecule has 0 heterocycles. The number of hydrogen-bond acceptors (Lipinski definition) is 6. The molecule has 0 aliphatic carbocycles. The monoisotopic (exact) mass is 415 g/mol. The molecule has 162 valence electrons. The van der Waals surface area contributed by atoms with E-state index in [0.29, 0.717) is 43.6 Å². The van der Waals surface area contributed by atoms with Crippen molar-refractivity contribution in [3.05, 3.63) is 53.6 Å². The number of hydrogen-bond donors (Lipinski definition) is 0. The molecule has 2 aromatic carbocycles. The second-order valence-electron chi connectivity index (χ2n) is 6.41. The molecule has 0 bridgehead atoms. The molecule has 0 fully saturated rings. The number of amides is 1. The van der Waals surface area contributed by atoms with Gasteiger partial charge in [0.2, 0.25) is 5.75 Å². The zero-order chi connectivity index (χ0) is 21.9. The van der Waals surface area contributed by atoms with E-state index in [4.69, 9.17) is 18.9 Å². The number of carbonyl (C=O) groups is 2. The average molecular weight is 415 g/mol. The number of carbonyl (C=O) groups excluding carboxylic acids is 2. The lowest BCUT2D eigenvalue weighted by Crippen LogP contribution is -2.30. The van der Waals surface area contributed by atoms with Crippen molar-refractivity contribution < 1.29 is 28.5 Å². The summed E-state index contributed by atoms with van der Waals surface area (Å²) >= 11 is 0. The topological polar surface area (TPSA) is 74.3 Å². The fourth-order valence-corrected chi connectivity index (χ4v) is 2.77. The van der Waals surface area contributed by atoms with Crippen molar-refractivity contribution in [1.82, 2.24) is 4.90 Å². The van der Waals surface area contributed by atoms with Gasteiger partial charge >= 0.3 is 5.97 Å². The third kappa shape index (κ3) is 6.40. The highest BCUT2D eigenvalue weighted by Crippen LogP contribution is 2.39. The maximum atomic E-state index is 12.6. The minimum Gasteiger partial charge on any atom is -0.490 e. The maximum absolute atomic E-state index is 12.6. The van der Waals surface area contributed by atoms with Crippen LogP contribution in [0, 0.1) is 0 Å². The first-order valence-electron chi connectivity index (χ1n) is 10.0. The van der Waals surface area contributed by atoms with Gasteiger partial charge in [0.1, 0.15) is 0 Å². The van der Waals surface area contributed by atoms with Crippen LogP contribution in [0.4, 0.5) is 0 Å². The number of rotatable bonds is 11. The molecule has 7 heteroatoms. The van der Waals surface area contributed by atoms with Gasteiger partial charge in [-0.3, -0.25) is 4.79 Å². The second-order valence-corrected chi connectivity index (χ2v) is 6.41. The Morgan fingerprint density at radius 1 is 0.867 bits per heavy atom. The van der Waals surface area contributed by atoms with E-state index >= 15 is 0 Å². The van der Waals surface area contributed by atoms with Crippen LogP contribution in [0.1, 0.15) is 36.7 Å². The summed E-state index contributed by atoms with van der Waals surface area (Å²) in [6.07, 6.45) is 0. The molecule has 0 N–H and O–H groups in total. The van der Waals surface area contributed by atoms with Crippen molar-refractivity contribution in [1.29, 1.82) is 0 Å². The molecule has 0 radical (unpaired) electrons. The molecule has 0 saturated carbocycles. The van der Waals surface area contributed by atoms with E-state index in [-0.39, 0.29) is 18.1 Å². The van der Waals surface area contributed by atoms with Gasteiger partial charge in [-0.1, -0.05) is 30.3 Å². The lowest BCUT2D eigenvalue weighted by Gasteiger charge is -2.18. The van der Waals surface area contributed by atoms with Gasteiger partial charge in [-0.2, -0.15) is 0 Å². The van der Waals surface area contributed by atoms with Gasteiger partial charge in [0, 0.05) is 13.6 Å². The van der Waals surface area contributed by atoms with E-state index < -0.39 is 5.97 Å². The van der Waals surface area contributed by atoms with Crippen LogP contribution in [0.25, 0.3) is 0 Å². The summed E-state index contributed by atoms with van der Waals surface area (Å²) in [6, 6.07) is 12.7. The van der Waals surface area contributed by atoms with Gasteiger partial charge in [0.05, 0.1) is 25.4 Å². The largest absolute Gasteiger partial charge is 0.490 e. The number of likely N-dealkylation sites (N-methyl/N-ethyl adjacent to an activating group) is 1. The second kappa shape index (κ2) is 11.7. The summed E-state index contributed by atoms with van der Waals surface area (Å²) in [5.74, 6) is 0.292.